The molecule has 0 atom stereocenters. The van der Waals surface area contributed by atoms with E-state index in [1.54, 1.807) is 0 Å². The lowest BCUT2D eigenvalue weighted by atomic mass is 10.1. The number of aromatic nitrogens is 2. The van der Waals surface area contributed by atoms with Gasteiger partial charge in [0.05, 0.1) is 22.2 Å². The first-order valence-corrected chi connectivity index (χ1v) is 13.0. The molecule has 5 nitrogen and oxygen atoms in total. The first-order chi connectivity index (χ1) is 16.5. The number of ether oxygens (including phenoxy) is 1. The van der Waals surface area contributed by atoms with Crippen molar-refractivity contribution < 1.29 is 9.53 Å². The number of hydrogen-bond donors (Lipinski definition) is 0. The Balaban J connectivity index is 1.56. The van der Waals surface area contributed by atoms with Gasteiger partial charge in [0.2, 0.25) is 0 Å². The second kappa shape index (κ2) is 9.94. The van der Waals surface area contributed by atoms with E-state index < -0.39 is 0 Å². The molecule has 5 rings (SSSR count). The van der Waals surface area contributed by atoms with Gasteiger partial charge in [-0.15, -0.1) is 0 Å². The maximum atomic E-state index is 13.3. The molecule has 0 N–H and O–H groups in total. The molecule has 1 amide bonds. The Kier molecular flexibility index (Phi) is 6.77. The highest BCUT2D eigenvalue weighted by molar-refractivity contribution is 8.26. The third kappa shape index (κ3) is 4.52. The molecule has 2 aromatic carbocycles. The van der Waals surface area contributed by atoms with Crippen LogP contribution in [0.15, 0.2) is 59.6 Å². The van der Waals surface area contributed by atoms with Gasteiger partial charge in [-0.25, -0.2) is 4.68 Å². The van der Waals surface area contributed by atoms with Crippen molar-refractivity contribution in [2.75, 3.05) is 6.61 Å². The Labute approximate surface area is 213 Å². The summed E-state index contributed by atoms with van der Waals surface area (Å²) in [6, 6.07) is 15.8. The molecular formula is C26H24ClN3O2S2. The van der Waals surface area contributed by atoms with Crippen LogP contribution < -0.4 is 4.74 Å². The quantitative estimate of drug-likeness (QED) is 0.272. The number of amides is 1. The summed E-state index contributed by atoms with van der Waals surface area (Å²) in [6.07, 6.45) is 8.17. The number of benzene rings is 2. The van der Waals surface area contributed by atoms with Crippen LogP contribution in [0.2, 0.25) is 5.02 Å². The van der Waals surface area contributed by atoms with Gasteiger partial charge in [-0.05, 0) is 56.2 Å². The van der Waals surface area contributed by atoms with Crippen molar-refractivity contribution in [2.24, 2.45) is 0 Å². The molecule has 1 saturated heterocycles. The number of hydrogen-bond acceptors (Lipinski definition) is 5. The molecule has 0 bridgehead atoms. The number of para-hydroxylation sites is 1. The average Bonchev–Trinajstić information content (AvgIpc) is 3.56. The SMILES string of the molecule is CCOc1ccc(-c2nn(-c3ccccc3)cc2/C=C2\SC(=S)N(C3CCCC3)C2=O)cc1Cl. The molecule has 2 heterocycles. The van der Waals surface area contributed by atoms with Crippen LogP contribution in [0.1, 0.15) is 38.2 Å². The van der Waals surface area contributed by atoms with Crippen molar-refractivity contribution in [3.05, 3.63) is 70.2 Å². The van der Waals surface area contributed by atoms with E-state index in [1.807, 2.05) is 77.3 Å². The minimum atomic E-state index is -0.00922. The third-order valence-electron chi connectivity index (χ3n) is 6.07. The van der Waals surface area contributed by atoms with Crippen LogP contribution in [0.4, 0.5) is 0 Å². The number of halogens is 1. The minimum absolute atomic E-state index is 0.00922. The summed E-state index contributed by atoms with van der Waals surface area (Å²) in [5, 5.41) is 5.38. The largest absolute Gasteiger partial charge is 0.492 e. The summed E-state index contributed by atoms with van der Waals surface area (Å²) in [5.41, 5.74) is 3.34. The van der Waals surface area contributed by atoms with E-state index in [9.17, 15) is 4.79 Å². The summed E-state index contributed by atoms with van der Waals surface area (Å²) in [6.45, 7) is 2.46. The average molecular weight is 510 g/mol. The second-order valence-electron chi connectivity index (χ2n) is 8.28. The van der Waals surface area contributed by atoms with Gasteiger partial charge in [-0.3, -0.25) is 9.69 Å². The second-order valence-corrected chi connectivity index (χ2v) is 10.4. The topological polar surface area (TPSA) is 47.4 Å². The molecule has 0 spiro atoms. The van der Waals surface area contributed by atoms with Crippen LogP contribution in [0.25, 0.3) is 23.0 Å². The highest BCUT2D eigenvalue weighted by atomic mass is 35.5. The van der Waals surface area contributed by atoms with Crippen molar-refractivity contribution in [2.45, 2.75) is 38.6 Å². The van der Waals surface area contributed by atoms with Gasteiger partial charge in [-0.2, -0.15) is 5.10 Å². The zero-order chi connectivity index (χ0) is 23.7. The molecule has 2 aliphatic rings. The van der Waals surface area contributed by atoms with Crippen LogP contribution in [-0.4, -0.2) is 37.6 Å². The van der Waals surface area contributed by atoms with Gasteiger partial charge in [0.1, 0.15) is 15.8 Å². The first kappa shape index (κ1) is 23.1. The van der Waals surface area contributed by atoms with Crippen LogP contribution in [0.3, 0.4) is 0 Å². The summed E-state index contributed by atoms with van der Waals surface area (Å²) >= 11 is 13.4. The van der Waals surface area contributed by atoms with E-state index in [1.165, 1.54) is 11.8 Å². The van der Waals surface area contributed by atoms with Crippen LogP contribution in [0, 0.1) is 0 Å². The predicted octanol–water partition coefficient (Wildman–Crippen LogP) is 6.74. The van der Waals surface area contributed by atoms with Gasteiger partial charge in [-0.1, -0.05) is 66.6 Å². The van der Waals surface area contributed by atoms with Gasteiger partial charge in [0.25, 0.3) is 5.91 Å². The molecule has 8 heteroatoms. The van der Waals surface area contributed by atoms with Gasteiger partial charge < -0.3 is 4.74 Å². The fraction of sp³-hybridized carbons (Fsp3) is 0.269. The molecule has 34 heavy (non-hydrogen) atoms. The van der Waals surface area contributed by atoms with E-state index in [2.05, 4.69) is 0 Å². The minimum Gasteiger partial charge on any atom is -0.492 e. The maximum absolute atomic E-state index is 13.3. The van der Waals surface area contributed by atoms with Crippen LogP contribution >= 0.6 is 35.6 Å². The number of thiocarbonyl (C=S) groups is 1. The molecule has 3 aromatic rings. The summed E-state index contributed by atoms with van der Waals surface area (Å²) < 4.78 is 8.05. The molecule has 1 saturated carbocycles. The highest BCUT2D eigenvalue weighted by Gasteiger charge is 2.38. The van der Waals surface area contributed by atoms with E-state index in [0.29, 0.717) is 26.6 Å². The summed E-state index contributed by atoms with van der Waals surface area (Å²) in [4.78, 5) is 15.7. The number of carbonyl (C=O) groups excluding carboxylic acids is 1. The molecule has 1 aliphatic carbocycles. The number of nitrogens with zero attached hydrogens (tertiary/aromatic N) is 3. The highest BCUT2D eigenvalue weighted by Crippen LogP contribution is 2.39. The van der Waals surface area contributed by atoms with E-state index in [4.69, 9.17) is 33.7 Å². The molecule has 1 aliphatic heterocycles. The monoisotopic (exact) mass is 509 g/mol. The number of thioether (sulfide) groups is 1. The van der Waals surface area contributed by atoms with Gasteiger partial charge in [0.15, 0.2) is 0 Å². The molecular weight excluding hydrogens is 486 g/mol. The van der Waals surface area contributed by atoms with Gasteiger partial charge >= 0.3 is 0 Å². The Bertz CT molecular complexity index is 1270. The van der Waals surface area contributed by atoms with Crippen molar-refractivity contribution in [1.82, 2.24) is 14.7 Å². The molecule has 0 radical (unpaired) electrons. The molecule has 2 fully saturated rings. The van der Waals surface area contributed by atoms with Crippen LogP contribution in [0.5, 0.6) is 5.75 Å². The normalized spacial score (nSPS) is 17.8. The summed E-state index contributed by atoms with van der Waals surface area (Å²) in [5.74, 6) is 0.624. The Morgan fingerprint density at radius 2 is 1.97 bits per heavy atom. The Morgan fingerprint density at radius 3 is 2.68 bits per heavy atom. The Hall–Kier alpha value is -2.61. The zero-order valence-electron chi connectivity index (χ0n) is 18.7. The number of carbonyl (C=O) groups is 1. The van der Waals surface area contributed by atoms with Gasteiger partial charge in [0, 0.05) is 23.4 Å². The number of rotatable bonds is 6. The van der Waals surface area contributed by atoms with Crippen LogP contribution in [-0.2, 0) is 4.79 Å². The first-order valence-electron chi connectivity index (χ1n) is 11.4. The lowest BCUT2D eigenvalue weighted by Gasteiger charge is -2.21. The molecule has 1 aromatic heterocycles. The van der Waals surface area contributed by atoms with Crippen molar-refractivity contribution in [3.8, 4) is 22.7 Å². The third-order valence-corrected chi connectivity index (χ3v) is 7.69. The van der Waals surface area contributed by atoms with E-state index in [-0.39, 0.29) is 11.9 Å². The lowest BCUT2D eigenvalue weighted by Crippen LogP contribution is -2.36. The Morgan fingerprint density at radius 1 is 1.21 bits per heavy atom. The van der Waals surface area contributed by atoms with E-state index >= 15 is 0 Å². The van der Waals surface area contributed by atoms with Crippen molar-refractivity contribution in [3.63, 3.8) is 0 Å². The lowest BCUT2D eigenvalue weighted by molar-refractivity contribution is -0.123. The van der Waals surface area contributed by atoms with Crippen molar-refractivity contribution >= 4 is 51.9 Å². The fourth-order valence-electron chi connectivity index (χ4n) is 4.45. The van der Waals surface area contributed by atoms with Crippen molar-refractivity contribution in [1.29, 1.82) is 0 Å². The smallest absolute Gasteiger partial charge is 0.266 e. The molecule has 174 valence electrons. The van der Waals surface area contributed by atoms with E-state index in [0.717, 1.165) is 48.2 Å². The summed E-state index contributed by atoms with van der Waals surface area (Å²) in [7, 11) is 0. The maximum Gasteiger partial charge on any atom is 0.266 e. The standard InChI is InChI=1S/C26H24ClN3O2S2/c1-2-32-22-13-12-17(14-21(22)27)24-18(16-29(28-24)19-8-4-3-5-9-19)15-23-25(31)30(26(33)34-23)20-10-6-7-11-20/h3-5,8-9,12-16,20H,2,6-7,10-11H2,1H3/b23-15-. The predicted molar refractivity (Wildman–Crippen MR) is 142 cm³/mol. The molecule has 0 unspecified atom stereocenters. The zero-order valence-corrected chi connectivity index (χ0v) is 21.1. The fourth-order valence-corrected chi connectivity index (χ4v) is 6.08.